The first-order valence-electron chi connectivity index (χ1n) is 6.97. The van der Waals surface area contributed by atoms with Crippen molar-refractivity contribution in [2.45, 2.75) is 13.3 Å². The number of aromatic nitrogens is 5. The molecule has 0 bridgehead atoms. The first-order valence-corrected chi connectivity index (χ1v) is 6.97. The van der Waals surface area contributed by atoms with Gasteiger partial charge in [0.05, 0.1) is 6.42 Å². The van der Waals surface area contributed by atoms with Gasteiger partial charge in [-0.3, -0.25) is 0 Å². The van der Waals surface area contributed by atoms with Crippen LogP contribution in [0.1, 0.15) is 17.1 Å². The van der Waals surface area contributed by atoms with Gasteiger partial charge < -0.3 is 9.51 Å². The Bertz CT molecular complexity index is 926. The highest BCUT2D eigenvalue weighted by Crippen LogP contribution is 2.24. The molecule has 0 saturated carbocycles. The summed E-state index contributed by atoms with van der Waals surface area (Å²) in [5.74, 6) is 1.43. The predicted molar refractivity (Wildman–Crippen MR) is 81.2 cm³/mol. The molecule has 6 nitrogen and oxygen atoms in total. The highest BCUT2D eigenvalue weighted by molar-refractivity contribution is 5.84. The smallest absolute Gasteiger partial charge is 0.240 e. The second-order valence-corrected chi connectivity index (χ2v) is 5.04. The van der Waals surface area contributed by atoms with E-state index < -0.39 is 0 Å². The third kappa shape index (κ3) is 2.14. The molecule has 0 aliphatic heterocycles. The Morgan fingerprint density at radius 1 is 1.05 bits per heavy atom. The number of benzene rings is 1. The SMILES string of the molecule is Cc1[nH]c2ccccc2c1Cc1nc(-c2ncccn2)no1. The second-order valence-electron chi connectivity index (χ2n) is 5.04. The molecule has 6 heteroatoms. The van der Waals surface area contributed by atoms with Crippen molar-refractivity contribution in [2.24, 2.45) is 0 Å². The Kier molecular flexibility index (Phi) is 2.93. The predicted octanol–water partition coefficient (Wildman–Crippen LogP) is 2.91. The second kappa shape index (κ2) is 5.07. The average Bonchev–Trinajstić information content (AvgIpc) is 3.14. The van der Waals surface area contributed by atoms with Gasteiger partial charge in [0.2, 0.25) is 17.5 Å². The fraction of sp³-hybridized carbons (Fsp3) is 0.125. The summed E-state index contributed by atoms with van der Waals surface area (Å²) in [4.78, 5) is 16.0. The van der Waals surface area contributed by atoms with Gasteiger partial charge >= 0.3 is 0 Å². The quantitative estimate of drug-likeness (QED) is 0.627. The molecule has 0 radical (unpaired) electrons. The number of hydrogen-bond acceptors (Lipinski definition) is 5. The molecule has 0 aliphatic rings. The Morgan fingerprint density at radius 3 is 2.73 bits per heavy atom. The molecule has 22 heavy (non-hydrogen) atoms. The first kappa shape index (κ1) is 12.7. The zero-order valence-corrected chi connectivity index (χ0v) is 11.9. The summed E-state index contributed by atoms with van der Waals surface area (Å²) >= 11 is 0. The maximum absolute atomic E-state index is 5.34. The number of H-pyrrole nitrogens is 1. The minimum atomic E-state index is 0.410. The third-order valence-electron chi connectivity index (χ3n) is 3.59. The molecule has 3 aromatic heterocycles. The van der Waals surface area contributed by atoms with Gasteiger partial charge in [-0.2, -0.15) is 4.98 Å². The molecular formula is C16H13N5O. The van der Waals surface area contributed by atoms with E-state index in [9.17, 15) is 0 Å². The van der Waals surface area contributed by atoms with Crippen LogP contribution in [0, 0.1) is 6.92 Å². The molecule has 0 fully saturated rings. The molecule has 1 aromatic carbocycles. The van der Waals surface area contributed by atoms with E-state index in [4.69, 9.17) is 4.52 Å². The van der Waals surface area contributed by atoms with Crippen LogP contribution in [0.3, 0.4) is 0 Å². The van der Waals surface area contributed by atoms with Crippen molar-refractivity contribution in [1.29, 1.82) is 0 Å². The van der Waals surface area contributed by atoms with E-state index in [0.717, 1.165) is 11.2 Å². The zero-order valence-electron chi connectivity index (χ0n) is 11.9. The summed E-state index contributed by atoms with van der Waals surface area (Å²) in [5, 5.41) is 5.13. The number of fused-ring (bicyclic) bond motifs is 1. The van der Waals surface area contributed by atoms with E-state index in [0.29, 0.717) is 24.0 Å². The number of hydrogen-bond donors (Lipinski definition) is 1. The molecule has 0 atom stereocenters. The highest BCUT2D eigenvalue weighted by Gasteiger charge is 2.15. The van der Waals surface area contributed by atoms with Crippen molar-refractivity contribution in [3.05, 3.63) is 59.9 Å². The van der Waals surface area contributed by atoms with Crippen LogP contribution in [0.15, 0.2) is 47.2 Å². The summed E-state index contributed by atoms with van der Waals surface area (Å²) in [6, 6.07) is 9.93. The van der Waals surface area contributed by atoms with Crippen LogP contribution < -0.4 is 0 Å². The lowest BCUT2D eigenvalue weighted by Crippen LogP contribution is -1.92. The molecule has 0 unspecified atom stereocenters. The normalized spacial score (nSPS) is 11.1. The van der Waals surface area contributed by atoms with E-state index in [1.54, 1.807) is 18.5 Å². The van der Waals surface area contributed by atoms with Crippen LogP contribution >= 0.6 is 0 Å². The highest BCUT2D eigenvalue weighted by atomic mass is 16.5. The van der Waals surface area contributed by atoms with E-state index in [1.165, 1.54) is 10.9 Å². The lowest BCUT2D eigenvalue weighted by Gasteiger charge is -1.96. The molecule has 1 N–H and O–H groups in total. The van der Waals surface area contributed by atoms with Crippen LogP contribution in [-0.2, 0) is 6.42 Å². The lowest BCUT2D eigenvalue weighted by atomic mass is 10.1. The largest absolute Gasteiger partial charge is 0.358 e. The van der Waals surface area contributed by atoms with Crippen molar-refractivity contribution in [3.63, 3.8) is 0 Å². The van der Waals surface area contributed by atoms with E-state index in [-0.39, 0.29) is 0 Å². The van der Waals surface area contributed by atoms with Crippen molar-refractivity contribution < 1.29 is 4.52 Å². The maximum Gasteiger partial charge on any atom is 0.240 e. The van der Waals surface area contributed by atoms with Crippen LogP contribution in [0.5, 0.6) is 0 Å². The van der Waals surface area contributed by atoms with Crippen LogP contribution in [0.25, 0.3) is 22.6 Å². The Hall–Kier alpha value is -3.02. The summed E-state index contributed by atoms with van der Waals surface area (Å²) in [6.45, 7) is 2.05. The number of aryl methyl sites for hydroxylation is 1. The van der Waals surface area contributed by atoms with Gasteiger partial charge in [-0.25, -0.2) is 9.97 Å². The minimum absolute atomic E-state index is 0.410. The molecule has 3 heterocycles. The van der Waals surface area contributed by atoms with Gasteiger partial charge in [0.1, 0.15) is 0 Å². The van der Waals surface area contributed by atoms with E-state index in [1.807, 2.05) is 19.1 Å². The third-order valence-corrected chi connectivity index (χ3v) is 3.59. The summed E-state index contributed by atoms with van der Waals surface area (Å²) < 4.78 is 5.34. The van der Waals surface area contributed by atoms with Gasteiger partial charge in [-0.05, 0) is 24.6 Å². The molecule has 0 aliphatic carbocycles. The molecule has 108 valence electrons. The van der Waals surface area contributed by atoms with E-state index in [2.05, 4.69) is 37.2 Å². The van der Waals surface area contributed by atoms with Gasteiger partial charge in [-0.15, -0.1) is 0 Å². The van der Waals surface area contributed by atoms with Crippen molar-refractivity contribution in [3.8, 4) is 11.6 Å². The van der Waals surface area contributed by atoms with Crippen LogP contribution in [-0.4, -0.2) is 25.1 Å². The summed E-state index contributed by atoms with van der Waals surface area (Å²) in [7, 11) is 0. The Morgan fingerprint density at radius 2 is 1.86 bits per heavy atom. The first-order chi connectivity index (χ1) is 10.8. The number of rotatable bonds is 3. The molecule has 0 spiro atoms. The topological polar surface area (TPSA) is 80.5 Å². The molecular weight excluding hydrogens is 278 g/mol. The van der Waals surface area contributed by atoms with Crippen molar-refractivity contribution in [1.82, 2.24) is 25.1 Å². The van der Waals surface area contributed by atoms with Crippen LogP contribution in [0.4, 0.5) is 0 Å². The molecule has 4 aromatic rings. The summed E-state index contributed by atoms with van der Waals surface area (Å²) in [5.41, 5.74) is 3.39. The average molecular weight is 291 g/mol. The minimum Gasteiger partial charge on any atom is -0.358 e. The van der Waals surface area contributed by atoms with Gasteiger partial charge in [0.15, 0.2) is 0 Å². The van der Waals surface area contributed by atoms with Crippen LogP contribution in [0.2, 0.25) is 0 Å². The zero-order chi connectivity index (χ0) is 14.9. The number of nitrogens with one attached hydrogen (secondary N) is 1. The van der Waals surface area contributed by atoms with Gasteiger partial charge in [-0.1, -0.05) is 23.4 Å². The fourth-order valence-electron chi connectivity index (χ4n) is 2.55. The molecule has 4 rings (SSSR count). The number of nitrogens with zero attached hydrogens (tertiary/aromatic N) is 4. The number of para-hydroxylation sites is 1. The number of aromatic amines is 1. The van der Waals surface area contributed by atoms with Gasteiger partial charge in [0, 0.05) is 29.0 Å². The fourth-order valence-corrected chi connectivity index (χ4v) is 2.55. The maximum atomic E-state index is 5.34. The Balaban J connectivity index is 1.69. The lowest BCUT2D eigenvalue weighted by molar-refractivity contribution is 0.385. The monoisotopic (exact) mass is 291 g/mol. The molecule has 0 saturated heterocycles. The van der Waals surface area contributed by atoms with Crippen molar-refractivity contribution >= 4 is 10.9 Å². The van der Waals surface area contributed by atoms with E-state index >= 15 is 0 Å². The summed E-state index contributed by atoms with van der Waals surface area (Å²) in [6.07, 6.45) is 3.89. The van der Waals surface area contributed by atoms with Gasteiger partial charge in [0.25, 0.3) is 0 Å². The standard InChI is InChI=1S/C16H13N5O/c1-10-12(11-5-2-3-6-13(11)19-10)9-14-20-16(21-22-14)15-17-7-4-8-18-15/h2-8,19H,9H2,1H3. The Labute approximate surface area is 126 Å². The van der Waals surface area contributed by atoms with Crippen molar-refractivity contribution in [2.75, 3.05) is 0 Å². The molecule has 0 amide bonds.